The molecule has 0 fully saturated rings. The summed E-state index contributed by atoms with van der Waals surface area (Å²) in [4.78, 5) is 0. The van der Waals surface area contributed by atoms with Crippen LogP contribution in [0.3, 0.4) is 0 Å². The van der Waals surface area contributed by atoms with Crippen LogP contribution in [0.2, 0.25) is 13.1 Å². The fourth-order valence-electron chi connectivity index (χ4n) is 9.12. The van der Waals surface area contributed by atoms with Crippen LogP contribution >= 0.6 is 0 Å². The molecule has 1 heteroatoms. The lowest BCUT2D eigenvalue weighted by Crippen LogP contribution is -2.25. The first-order chi connectivity index (χ1) is 26.6. The van der Waals surface area contributed by atoms with Gasteiger partial charge in [-0.1, -0.05) is 188 Å². The maximum absolute atomic E-state index is 2.51. The predicted molar refractivity (Wildman–Crippen MR) is 239 cm³/mol. The van der Waals surface area contributed by atoms with E-state index in [0.29, 0.717) is 0 Å². The van der Waals surface area contributed by atoms with Gasteiger partial charge in [-0.3, -0.25) is 0 Å². The van der Waals surface area contributed by atoms with E-state index in [1.165, 1.54) is 109 Å². The average Bonchev–Trinajstić information content (AvgIpc) is 3.22. The van der Waals surface area contributed by atoms with E-state index in [1.807, 2.05) is 0 Å². The summed E-state index contributed by atoms with van der Waals surface area (Å²) >= 11 is 0. The number of hydrogen-bond donors (Lipinski definition) is 0. The van der Waals surface area contributed by atoms with Crippen LogP contribution in [0.4, 0.5) is 0 Å². The number of benzene rings is 10. The summed E-state index contributed by atoms with van der Waals surface area (Å²) in [5, 5.41) is 14.3. The second kappa shape index (κ2) is 13.0. The van der Waals surface area contributed by atoms with Gasteiger partial charge in [0.2, 0.25) is 0 Å². The molecule has 0 saturated heterocycles. The van der Waals surface area contributed by atoms with Crippen molar-refractivity contribution in [2.45, 2.75) is 20.0 Å². The second-order valence-electron chi connectivity index (χ2n) is 15.0. The minimum Gasteiger partial charge on any atom is -0.0682 e. The first kappa shape index (κ1) is 32.4. The number of rotatable bonds is 5. The molecule has 0 amide bonds. The largest absolute Gasteiger partial charge is 0.0682 e. The maximum atomic E-state index is 2.51. The van der Waals surface area contributed by atoms with Crippen LogP contribution in [0.15, 0.2) is 182 Å². The van der Waals surface area contributed by atoms with Crippen molar-refractivity contribution in [3.05, 3.63) is 188 Å². The summed E-state index contributed by atoms with van der Waals surface area (Å²) in [7, 11) is -1.16. The molecule has 0 aliphatic carbocycles. The van der Waals surface area contributed by atoms with Crippen molar-refractivity contribution in [3.63, 3.8) is 0 Å². The lowest BCUT2D eigenvalue weighted by molar-refractivity contribution is 1.49. The lowest BCUT2D eigenvalue weighted by Gasteiger charge is -2.23. The van der Waals surface area contributed by atoms with Crippen LogP contribution in [0.25, 0.3) is 98.4 Å². The number of aryl methyl sites for hydroxylation is 1. The van der Waals surface area contributed by atoms with Crippen LogP contribution < -0.4 is 5.19 Å². The molecule has 0 heterocycles. The molecule has 0 spiro atoms. The van der Waals surface area contributed by atoms with Crippen LogP contribution in [-0.4, -0.2) is 8.80 Å². The standard InChI is InChI=1S/C53H40Si/c1-34-31-36-19-7-8-20-37(36)32-47(34)48-33-38(29-30-49(48)54(2)3)51-41-23-11-15-27-45(41)53(46-28-16-12-24-42(46)51)52-43-25-13-9-21-39(43)50(35-17-5-4-6-18-35)40-22-10-14-26-44(40)52/h4-33,54H,1-3H3. The van der Waals surface area contributed by atoms with Crippen molar-refractivity contribution in [3.8, 4) is 44.5 Å². The molecule has 0 bridgehead atoms. The van der Waals surface area contributed by atoms with E-state index < -0.39 is 8.80 Å². The normalized spacial score (nSPS) is 11.8. The Kier molecular flexibility index (Phi) is 7.78. The molecule has 0 aliphatic rings. The molecule has 0 nitrogen and oxygen atoms in total. The van der Waals surface area contributed by atoms with Crippen molar-refractivity contribution in [2.24, 2.45) is 0 Å². The van der Waals surface area contributed by atoms with E-state index >= 15 is 0 Å². The Morgan fingerprint density at radius 1 is 0.315 bits per heavy atom. The zero-order valence-electron chi connectivity index (χ0n) is 30.9. The van der Waals surface area contributed by atoms with Crippen molar-refractivity contribution in [2.75, 3.05) is 0 Å². The smallest absolute Gasteiger partial charge is 0.0655 e. The third-order valence-corrected chi connectivity index (χ3v) is 13.3. The zero-order chi connectivity index (χ0) is 36.3. The zero-order valence-corrected chi connectivity index (χ0v) is 32.1. The third kappa shape index (κ3) is 5.11. The van der Waals surface area contributed by atoms with Crippen molar-refractivity contribution in [1.29, 1.82) is 0 Å². The van der Waals surface area contributed by atoms with Gasteiger partial charge in [0.25, 0.3) is 0 Å². The molecule has 10 aromatic carbocycles. The summed E-state index contributed by atoms with van der Waals surface area (Å²) in [6.45, 7) is 7.18. The van der Waals surface area contributed by atoms with E-state index in [-0.39, 0.29) is 0 Å². The second-order valence-corrected chi connectivity index (χ2v) is 18.0. The quantitative estimate of drug-likeness (QED) is 0.124. The van der Waals surface area contributed by atoms with Crippen LogP contribution in [0.1, 0.15) is 5.56 Å². The van der Waals surface area contributed by atoms with Gasteiger partial charge in [0.1, 0.15) is 0 Å². The SMILES string of the molecule is Cc1cc2ccccc2cc1-c1cc(-c2c3ccccc3c(-c3c4ccccc4c(-c4ccccc4)c4ccccc34)c3ccccc23)ccc1[SiH](C)C. The van der Waals surface area contributed by atoms with Gasteiger partial charge >= 0.3 is 0 Å². The van der Waals surface area contributed by atoms with Crippen LogP contribution in [0.5, 0.6) is 0 Å². The molecule has 0 saturated carbocycles. The first-order valence-corrected chi connectivity index (χ1v) is 22.0. The molecule has 0 N–H and O–H groups in total. The maximum Gasteiger partial charge on any atom is 0.0655 e. The van der Waals surface area contributed by atoms with Gasteiger partial charge in [0.15, 0.2) is 0 Å². The van der Waals surface area contributed by atoms with E-state index in [9.17, 15) is 0 Å². The highest BCUT2D eigenvalue weighted by Gasteiger charge is 2.23. The van der Waals surface area contributed by atoms with Crippen molar-refractivity contribution < 1.29 is 0 Å². The molecular weight excluding hydrogens is 665 g/mol. The topological polar surface area (TPSA) is 0 Å². The molecule has 256 valence electrons. The molecule has 10 rings (SSSR count). The minimum atomic E-state index is -1.16. The molecule has 10 aromatic rings. The number of hydrogen-bond acceptors (Lipinski definition) is 0. The summed E-state index contributed by atoms with van der Waals surface area (Å²) < 4.78 is 0. The van der Waals surface area contributed by atoms with Gasteiger partial charge in [-0.25, -0.2) is 0 Å². The Bertz CT molecular complexity index is 2960. The molecule has 0 aromatic heterocycles. The van der Waals surface area contributed by atoms with E-state index in [1.54, 1.807) is 0 Å². The fourth-order valence-corrected chi connectivity index (χ4v) is 10.5. The highest BCUT2D eigenvalue weighted by molar-refractivity contribution is 6.72. The summed E-state index contributed by atoms with van der Waals surface area (Å²) in [6, 6.07) is 68.0. The Balaban J connectivity index is 1.31. The summed E-state index contributed by atoms with van der Waals surface area (Å²) in [6.07, 6.45) is 0. The lowest BCUT2D eigenvalue weighted by atomic mass is 9.81. The Labute approximate surface area is 318 Å². The molecule has 0 aliphatic heterocycles. The molecule has 0 unspecified atom stereocenters. The van der Waals surface area contributed by atoms with Crippen LogP contribution in [0, 0.1) is 6.92 Å². The van der Waals surface area contributed by atoms with Crippen molar-refractivity contribution >= 4 is 67.8 Å². The minimum absolute atomic E-state index is 1.16. The highest BCUT2D eigenvalue weighted by Crippen LogP contribution is 2.50. The van der Waals surface area contributed by atoms with E-state index in [4.69, 9.17) is 0 Å². The average molecular weight is 705 g/mol. The van der Waals surface area contributed by atoms with Gasteiger partial charge in [0.05, 0.1) is 8.80 Å². The fraction of sp³-hybridized carbons (Fsp3) is 0.0566. The van der Waals surface area contributed by atoms with Gasteiger partial charge in [-0.05, 0) is 123 Å². The molecule has 0 atom stereocenters. The summed E-state index contributed by atoms with van der Waals surface area (Å²) in [5.41, 5.74) is 11.7. The molecular formula is C53H40Si. The van der Waals surface area contributed by atoms with E-state index in [0.717, 1.165) is 0 Å². The molecule has 54 heavy (non-hydrogen) atoms. The molecule has 0 radical (unpaired) electrons. The Morgan fingerprint density at radius 3 is 1.17 bits per heavy atom. The summed E-state index contributed by atoms with van der Waals surface area (Å²) in [5.74, 6) is 0. The third-order valence-electron chi connectivity index (χ3n) is 11.5. The van der Waals surface area contributed by atoms with Gasteiger partial charge in [0, 0.05) is 0 Å². The van der Waals surface area contributed by atoms with E-state index in [2.05, 4.69) is 202 Å². The number of fused-ring (bicyclic) bond motifs is 5. The van der Waals surface area contributed by atoms with Crippen LogP contribution in [-0.2, 0) is 0 Å². The first-order valence-electron chi connectivity index (χ1n) is 19.1. The highest BCUT2D eigenvalue weighted by atomic mass is 28.3. The Hall–Kier alpha value is -6.28. The van der Waals surface area contributed by atoms with Gasteiger partial charge < -0.3 is 0 Å². The van der Waals surface area contributed by atoms with Gasteiger partial charge in [-0.2, -0.15) is 0 Å². The van der Waals surface area contributed by atoms with Gasteiger partial charge in [-0.15, -0.1) is 0 Å². The predicted octanol–water partition coefficient (Wildman–Crippen LogP) is 14.1. The Morgan fingerprint density at radius 2 is 0.704 bits per heavy atom. The van der Waals surface area contributed by atoms with Crippen molar-refractivity contribution in [1.82, 2.24) is 0 Å². The monoisotopic (exact) mass is 704 g/mol.